The van der Waals surface area contributed by atoms with Gasteiger partial charge in [0.25, 0.3) is 12.3 Å². The van der Waals surface area contributed by atoms with Gasteiger partial charge in [0.2, 0.25) is 11.5 Å². The van der Waals surface area contributed by atoms with Crippen molar-refractivity contribution < 1.29 is 50.5 Å². The van der Waals surface area contributed by atoms with E-state index in [9.17, 15) is 41.0 Å². The lowest BCUT2D eigenvalue weighted by atomic mass is 9.81. The number of fused-ring (bicyclic) bond motifs is 2. The zero-order valence-electron chi connectivity index (χ0n) is 22.9. The van der Waals surface area contributed by atoms with Crippen molar-refractivity contribution in [3.05, 3.63) is 77.1 Å². The monoisotopic (exact) mass is 623 g/mol. The van der Waals surface area contributed by atoms with Crippen molar-refractivity contribution in [1.82, 2.24) is 19.7 Å². The average Bonchev–Trinajstić information content (AvgIpc) is 3.57. The van der Waals surface area contributed by atoms with E-state index in [1.807, 2.05) is 5.32 Å². The van der Waals surface area contributed by atoms with Crippen molar-refractivity contribution in [3.63, 3.8) is 0 Å². The molecule has 2 amide bonds. The lowest BCUT2D eigenvalue weighted by molar-refractivity contribution is -0.265. The summed E-state index contributed by atoms with van der Waals surface area (Å²) in [5, 5.41) is 13.2. The first-order chi connectivity index (χ1) is 20.6. The summed E-state index contributed by atoms with van der Waals surface area (Å²) in [5.74, 6) is -2.91. The third kappa shape index (κ3) is 5.04. The number of nitrogens with one attached hydrogen (secondary N) is 1. The summed E-state index contributed by atoms with van der Waals surface area (Å²) in [4.78, 5) is 33.2. The fourth-order valence-corrected chi connectivity index (χ4v) is 4.71. The molecular weight excluding hydrogens is 600 g/mol. The Morgan fingerprint density at radius 3 is 2.45 bits per heavy atom. The molecule has 1 aliphatic rings. The number of hydrogen-bond acceptors (Lipinski definition) is 7. The van der Waals surface area contributed by atoms with Crippen LogP contribution in [0, 0.1) is 5.82 Å². The molecule has 10 nitrogen and oxygen atoms in total. The second-order valence-corrected chi connectivity index (χ2v) is 10.3. The number of hydrogen-bond donors (Lipinski definition) is 3. The maximum atomic E-state index is 14.6. The number of carbonyl (C=O) groups excluding carboxylic acids is 2. The van der Waals surface area contributed by atoms with E-state index in [1.165, 1.54) is 26.2 Å². The predicted octanol–water partition coefficient (Wildman–Crippen LogP) is 3.80. The fraction of sp³-hybridized carbons (Fsp3) is 0.286. The molecule has 4 heterocycles. The molecule has 2 atom stereocenters. The Morgan fingerprint density at radius 1 is 1.18 bits per heavy atom. The Bertz CT molecular complexity index is 1780. The summed E-state index contributed by atoms with van der Waals surface area (Å²) >= 11 is 0. The van der Waals surface area contributed by atoms with E-state index < -0.39 is 59.2 Å². The molecule has 0 saturated carbocycles. The number of amides is 2. The van der Waals surface area contributed by atoms with Gasteiger partial charge in [-0.25, -0.2) is 23.1 Å². The molecule has 3 aromatic heterocycles. The van der Waals surface area contributed by atoms with Crippen LogP contribution in [0.5, 0.6) is 11.5 Å². The number of primary amides is 1. The number of halogens is 6. The van der Waals surface area contributed by atoms with Crippen LogP contribution < -0.4 is 20.5 Å². The number of nitrogens with zero attached hydrogens (tertiary/aromatic N) is 3. The predicted molar refractivity (Wildman–Crippen MR) is 141 cm³/mol. The van der Waals surface area contributed by atoms with Crippen LogP contribution in [0.2, 0.25) is 0 Å². The number of imidazole rings is 1. The number of methoxy groups -OCH3 is 1. The average molecular weight is 624 g/mol. The van der Waals surface area contributed by atoms with Crippen LogP contribution >= 0.6 is 0 Å². The van der Waals surface area contributed by atoms with Crippen LogP contribution in [0.1, 0.15) is 40.7 Å². The van der Waals surface area contributed by atoms with Gasteiger partial charge < -0.3 is 30.0 Å². The Morgan fingerprint density at radius 2 is 1.86 bits per heavy atom. The van der Waals surface area contributed by atoms with E-state index in [2.05, 4.69) is 9.97 Å². The first-order valence-electron chi connectivity index (χ1n) is 12.8. The molecule has 44 heavy (non-hydrogen) atoms. The Labute approximate surface area is 244 Å². The standard InChI is InChI=1S/C28H23F6N5O5/c1-26(25(35)41)12-44-21-16(26)8-19(38-20(21)13-3-5-15(29)6-4-13)27(42,28(32,33)34)11-36-24(40)14-7-18(43-2)23-37-17(22(30)31)10-39(23)9-14/h3-10,22,42H,11-12H2,1-2H3,(H2,35,41)(H,36,40)/t26-,27-/m0/s1. The number of nitrogens with two attached hydrogens (primary N) is 1. The third-order valence-corrected chi connectivity index (χ3v) is 7.37. The lowest BCUT2D eigenvalue weighted by Crippen LogP contribution is -2.51. The Kier molecular flexibility index (Phi) is 7.44. The minimum absolute atomic E-state index is 0.0680. The number of alkyl halides is 5. The quantitative estimate of drug-likeness (QED) is 0.254. The summed E-state index contributed by atoms with van der Waals surface area (Å²) in [6.07, 6.45) is -6.41. The van der Waals surface area contributed by atoms with Gasteiger partial charge in [-0.15, -0.1) is 0 Å². The maximum Gasteiger partial charge on any atom is 0.424 e. The van der Waals surface area contributed by atoms with Gasteiger partial charge in [0.05, 0.1) is 24.9 Å². The number of carbonyl (C=O) groups is 2. The van der Waals surface area contributed by atoms with Gasteiger partial charge in [0.15, 0.2) is 11.4 Å². The minimum Gasteiger partial charge on any atom is -0.493 e. The smallest absolute Gasteiger partial charge is 0.424 e. The van der Waals surface area contributed by atoms with Gasteiger partial charge in [-0.1, -0.05) is 0 Å². The van der Waals surface area contributed by atoms with Gasteiger partial charge in [0, 0.05) is 23.5 Å². The van der Waals surface area contributed by atoms with E-state index in [4.69, 9.17) is 15.2 Å². The van der Waals surface area contributed by atoms with Gasteiger partial charge in [-0.05, 0) is 43.3 Å². The first kappa shape index (κ1) is 30.6. The van der Waals surface area contributed by atoms with Crippen molar-refractivity contribution in [2.24, 2.45) is 5.73 Å². The van der Waals surface area contributed by atoms with Crippen LogP contribution in [-0.4, -0.2) is 57.7 Å². The number of aliphatic hydroxyl groups is 1. The second-order valence-electron chi connectivity index (χ2n) is 10.3. The van der Waals surface area contributed by atoms with Crippen LogP contribution in [0.3, 0.4) is 0 Å². The molecule has 0 bridgehead atoms. The molecule has 0 saturated heterocycles. The Balaban J connectivity index is 1.57. The molecular formula is C28H23F6N5O5. The van der Waals surface area contributed by atoms with E-state index in [0.29, 0.717) is 0 Å². The van der Waals surface area contributed by atoms with Gasteiger partial charge >= 0.3 is 6.18 Å². The van der Waals surface area contributed by atoms with E-state index in [0.717, 1.165) is 41.1 Å². The highest BCUT2D eigenvalue weighted by molar-refractivity contribution is 5.95. The molecule has 16 heteroatoms. The molecule has 4 N–H and O–H groups in total. The lowest BCUT2D eigenvalue weighted by Gasteiger charge is -2.31. The summed E-state index contributed by atoms with van der Waals surface area (Å²) in [7, 11) is 1.18. The van der Waals surface area contributed by atoms with E-state index in [1.54, 1.807) is 0 Å². The molecule has 4 aromatic rings. The maximum absolute atomic E-state index is 14.6. The van der Waals surface area contributed by atoms with Crippen molar-refractivity contribution in [1.29, 1.82) is 0 Å². The number of pyridine rings is 2. The van der Waals surface area contributed by atoms with Crippen LogP contribution in [0.25, 0.3) is 16.9 Å². The largest absolute Gasteiger partial charge is 0.493 e. The van der Waals surface area contributed by atoms with Crippen LogP contribution in [-0.2, 0) is 15.8 Å². The minimum atomic E-state index is -5.44. The molecule has 0 aliphatic carbocycles. The highest BCUT2D eigenvalue weighted by atomic mass is 19.4. The van der Waals surface area contributed by atoms with Gasteiger partial charge in [-0.2, -0.15) is 13.2 Å². The second kappa shape index (κ2) is 10.7. The van der Waals surface area contributed by atoms with Gasteiger partial charge in [0.1, 0.15) is 35.0 Å². The zero-order valence-corrected chi connectivity index (χ0v) is 22.9. The zero-order chi connectivity index (χ0) is 32.2. The highest BCUT2D eigenvalue weighted by Gasteiger charge is 2.57. The number of ether oxygens (including phenoxy) is 2. The molecule has 0 fully saturated rings. The summed E-state index contributed by atoms with van der Waals surface area (Å²) < 4.78 is 95.6. The molecule has 0 radical (unpaired) electrons. The highest BCUT2D eigenvalue weighted by Crippen LogP contribution is 2.47. The van der Waals surface area contributed by atoms with Crippen LogP contribution in [0.15, 0.2) is 48.8 Å². The SMILES string of the molecule is COc1cc(C(=O)NC[C@](O)(c2cc3c(c(-c4ccc(F)cc4)n2)OC[C@]3(C)C(N)=O)C(F)(F)F)cn2cc(C(F)F)nc12. The third-order valence-electron chi connectivity index (χ3n) is 7.37. The molecule has 232 valence electrons. The summed E-state index contributed by atoms with van der Waals surface area (Å²) in [6, 6.07) is 6.41. The Hall–Kier alpha value is -4.86. The first-order valence-corrected chi connectivity index (χ1v) is 12.8. The molecule has 1 aliphatic heterocycles. The normalized spacial score (nSPS) is 17.7. The van der Waals surface area contributed by atoms with Gasteiger partial charge in [-0.3, -0.25) is 9.59 Å². The molecule has 0 spiro atoms. The summed E-state index contributed by atoms with van der Waals surface area (Å²) in [6.45, 7) is -0.471. The van der Waals surface area contributed by atoms with Crippen molar-refractivity contribution in [2.45, 2.75) is 30.5 Å². The van der Waals surface area contributed by atoms with Crippen molar-refractivity contribution >= 4 is 17.5 Å². The fourth-order valence-electron chi connectivity index (χ4n) is 4.71. The van der Waals surface area contributed by atoms with Crippen molar-refractivity contribution in [2.75, 3.05) is 20.3 Å². The van der Waals surface area contributed by atoms with E-state index in [-0.39, 0.29) is 46.1 Å². The van der Waals surface area contributed by atoms with Crippen LogP contribution in [0.4, 0.5) is 26.3 Å². The topological polar surface area (TPSA) is 141 Å². The number of rotatable bonds is 8. The molecule has 1 aromatic carbocycles. The molecule has 0 unspecified atom stereocenters. The molecule has 5 rings (SSSR count). The van der Waals surface area contributed by atoms with E-state index >= 15 is 0 Å². The van der Waals surface area contributed by atoms with Crippen molar-refractivity contribution in [3.8, 4) is 22.8 Å². The number of benzene rings is 1. The number of aromatic nitrogens is 3. The summed E-state index contributed by atoms with van der Waals surface area (Å²) in [5.41, 5.74) is -2.14.